The highest BCUT2D eigenvalue weighted by Gasteiger charge is 2.16. The average molecular weight is 408 g/mol. The van der Waals surface area contributed by atoms with Crippen LogP contribution in [0, 0.1) is 0 Å². The normalized spacial score (nSPS) is 11.9. The molecule has 0 atom stereocenters. The van der Waals surface area contributed by atoms with Crippen molar-refractivity contribution in [2.24, 2.45) is 4.99 Å². The largest absolute Gasteiger partial charge is 0.346 e. The van der Waals surface area contributed by atoms with E-state index in [9.17, 15) is 0 Å². The van der Waals surface area contributed by atoms with Crippen LogP contribution in [0.1, 0.15) is 6.92 Å². The molecule has 1 aromatic carbocycles. The molecule has 5 rings (SSSR count). The highest BCUT2D eigenvalue weighted by Crippen LogP contribution is 2.32. The van der Waals surface area contributed by atoms with Crippen molar-refractivity contribution in [3.05, 3.63) is 67.0 Å². The molecule has 8 heteroatoms. The molecule has 0 unspecified atom stereocenters. The maximum Gasteiger partial charge on any atom is 0.159 e. The third-order valence-corrected chi connectivity index (χ3v) is 5.17. The molecule has 0 aliphatic carbocycles. The van der Waals surface area contributed by atoms with Gasteiger partial charge in [-0.25, -0.2) is 4.98 Å². The van der Waals surface area contributed by atoms with Crippen LogP contribution in [0.3, 0.4) is 0 Å². The zero-order chi connectivity index (χ0) is 21.4. The molecule has 0 aliphatic rings. The van der Waals surface area contributed by atoms with Crippen LogP contribution in [0.5, 0.6) is 0 Å². The zero-order valence-corrected chi connectivity index (χ0v) is 17.2. The van der Waals surface area contributed by atoms with E-state index in [0.717, 1.165) is 50.1 Å². The Morgan fingerprint density at radius 2 is 2.00 bits per heavy atom. The number of benzene rings is 1. The van der Waals surface area contributed by atoms with Gasteiger partial charge >= 0.3 is 0 Å². The van der Waals surface area contributed by atoms with E-state index in [0.29, 0.717) is 5.82 Å². The second-order valence-corrected chi connectivity index (χ2v) is 7.25. The first-order valence-corrected chi connectivity index (χ1v) is 9.74. The summed E-state index contributed by atoms with van der Waals surface area (Å²) < 4.78 is 0. The first kappa shape index (κ1) is 18.7. The van der Waals surface area contributed by atoms with E-state index in [-0.39, 0.29) is 0 Å². The zero-order valence-electron chi connectivity index (χ0n) is 17.2. The number of aromatic amines is 2. The van der Waals surface area contributed by atoms with Gasteiger partial charge < -0.3 is 9.88 Å². The van der Waals surface area contributed by atoms with Crippen LogP contribution in [0.2, 0.25) is 0 Å². The minimum atomic E-state index is 0.676. The van der Waals surface area contributed by atoms with Crippen molar-refractivity contribution in [3.63, 3.8) is 0 Å². The van der Waals surface area contributed by atoms with Gasteiger partial charge in [-0.15, -0.1) is 0 Å². The Morgan fingerprint density at radius 1 is 1.10 bits per heavy atom. The molecule has 4 heterocycles. The highest BCUT2D eigenvalue weighted by molar-refractivity contribution is 5.97. The van der Waals surface area contributed by atoms with E-state index in [1.807, 2.05) is 49.5 Å². The topological polar surface area (TPSA) is 98.7 Å². The molecule has 0 bridgehead atoms. The summed E-state index contributed by atoms with van der Waals surface area (Å²) >= 11 is 0. The van der Waals surface area contributed by atoms with Crippen LogP contribution >= 0.6 is 0 Å². The minimum Gasteiger partial charge on any atom is -0.346 e. The van der Waals surface area contributed by atoms with Crippen molar-refractivity contribution in [2.45, 2.75) is 6.92 Å². The van der Waals surface area contributed by atoms with Gasteiger partial charge in [0.15, 0.2) is 5.82 Å². The molecule has 5 aromatic rings. The molecule has 0 radical (unpaired) electrons. The number of allylic oxidation sites excluding steroid dienone is 1. The molecule has 0 saturated carbocycles. The van der Waals surface area contributed by atoms with Crippen molar-refractivity contribution in [3.8, 4) is 22.6 Å². The van der Waals surface area contributed by atoms with Crippen molar-refractivity contribution < 1.29 is 0 Å². The lowest BCUT2D eigenvalue weighted by molar-refractivity contribution is 1.10. The molecular weight excluding hydrogens is 388 g/mol. The van der Waals surface area contributed by atoms with Crippen molar-refractivity contribution in [2.75, 3.05) is 11.9 Å². The lowest BCUT2D eigenvalue weighted by Gasteiger charge is -2.14. The van der Waals surface area contributed by atoms with Gasteiger partial charge in [-0.1, -0.05) is 12.1 Å². The molecule has 2 N–H and O–H groups in total. The van der Waals surface area contributed by atoms with Crippen LogP contribution in [0.25, 0.3) is 44.6 Å². The van der Waals surface area contributed by atoms with Crippen molar-refractivity contribution >= 4 is 34.3 Å². The Bertz CT molecular complexity index is 1430. The standard InChI is InChI=1S/C23H20N8/c1-14(24-2)13-31(3)20-12-26-11-19-22(20)28-23(27-19)21-17-9-15(6-7-18(17)29-30-21)16-5-4-8-25-10-16/h4-13H,2H2,1,3H3,(H,27,28)(H,29,30)/b14-13-. The lowest BCUT2D eigenvalue weighted by atomic mass is 10.0. The number of fused-ring (bicyclic) bond motifs is 2. The monoisotopic (exact) mass is 408 g/mol. The van der Waals surface area contributed by atoms with Crippen LogP contribution in [0.4, 0.5) is 5.69 Å². The van der Waals surface area contributed by atoms with E-state index in [1.54, 1.807) is 18.6 Å². The summed E-state index contributed by atoms with van der Waals surface area (Å²) in [5, 5.41) is 8.61. The molecular formula is C23H20N8. The van der Waals surface area contributed by atoms with Gasteiger partial charge in [0.05, 0.1) is 34.8 Å². The minimum absolute atomic E-state index is 0.676. The maximum absolute atomic E-state index is 4.85. The molecule has 0 saturated heterocycles. The SMILES string of the molecule is C=N/C(C)=C\N(C)c1cncc2[nH]c(-c3n[nH]c4ccc(-c5cccnc5)cc34)nc12. The van der Waals surface area contributed by atoms with Gasteiger partial charge in [0.2, 0.25) is 0 Å². The molecule has 4 aromatic heterocycles. The summed E-state index contributed by atoms with van der Waals surface area (Å²) in [4.78, 5) is 22.7. The molecule has 0 spiro atoms. The Morgan fingerprint density at radius 3 is 2.81 bits per heavy atom. The van der Waals surface area contributed by atoms with E-state index in [4.69, 9.17) is 4.98 Å². The van der Waals surface area contributed by atoms with Gasteiger partial charge in [-0.2, -0.15) is 5.10 Å². The van der Waals surface area contributed by atoms with Crippen LogP contribution in [-0.4, -0.2) is 43.9 Å². The number of hydrogen-bond acceptors (Lipinski definition) is 6. The molecule has 0 fully saturated rings. The van der Waals surface area contributed by atoms with Gasteiger partial charge in [-0.3, -0.25) is 20.1 Å². The molecule has 152 valence electrons. The summed E-state index contributed by atoms with van der Waals surface area (Å²) in [5.41, 5.74) is 7.11. The fourth-order valence-electron chi connectivity index (χ4n) is 3.59. The first-order valence-electron chi connectivity index (χ1n) is 9.74. The second kappa shape index (κ2) is 7.49. The van der Waals surface area contributed by atoms with E-state index in [1.165, 1.54) is 0 Å². The predicted octanol–water partition coefficient (Wildman–Crippen LogP) is 4.56. The summed E-state index contributed by atoms with van der Waals surface area (Å²) in [7, 11) is 1.93. The van der Waals surface area contributed by atoms with Crippen LogP contribution < -0.4 is 4.90 Å². The maximum atomic E-state index is 4.85. The van der Waals surface area contributed by atoms with E-state index < -0.39 is 0 Å². The fourth-order valence-corrected chi connectivity index (χ4v) is 3.59. The number of anilines is 1. The summed E-state index contributed by atoms with van der Waals surface area (Å²) in [6, 6.07) is 10.1. The smallest absolute Gasteiger partial charge is 0.159 e. The van der Waals surface area contributed by atoms with Crippen LogP contribution in [0.15, 0.2) is 72.0 Å². The van der Waals surface area contributed by atoms with Gasteiger partial charge in [0.1, 0.15) is 11.2 Å². The second-order valence-electron chi connectivity index (χ2n) is 7.25. The number of nitrogens with one attached hydrogen (secondary N) is 2. The number of pyridine rings is 2. The van der Waals surface area contributed by atoms with E-state index >= 15 is 0 Å². The average Bonchev–Trinajstić information content (AvgIpc) is 3.42. The van der Waals surface area contributed by atoms with Gasteiger partial charge in [0, 0.05) is 36.6 Å². The highest BCUT2D eigenvalue weighted by atomic mass is 15.2. The van der Waals surface area contributed by atoms with Gasteiger partial charge in [-0.05, 0) is 37.4 Å². The van der Waals surface area contributed by atoms with E-state index in [2.05, 4.69) is 49.0 Å². The van der Waals surface area contributed by atoms with Crippen molar-refractivity contribution in [1.82, 2.24) is 30.1 Å². The van der Waals surface area contributed by atoms with Crippen LogP contribution in [-0.2, 0) is 0 Å². The Labute approximate surface area is 178 Å². The predicted molar refractivity (Wildman–Crippen MR) is 124 cm³/mol. The number of rotatable bonds is 5. The first-order chi connectivity index (χ1) is 15.1. The molecule has 8 nitrogen and oxygen atoms in total. The summed E-state index contributed by atoms with van der Waals surface area (Å²) in [6.07, 6.45) is 9.06. The number of H-pyrrole nitrogens is 2. The molecule has 0 amide bonds. The third kappa shape index (κ3) is 3.33. The molecule has 0 aliphatic heterocycles. The van der Waals surface area contributed by atoms with Crippen molar-refractivity contribution in [1.29, 1.82) is 0 Å². The number of aliphatic imine (C=N–C) groups is 1. The third-order valence-electron chi connectivity index (χ3n) is 5.17. The fraction of sp³-hybridized carbons (Fsp3) is 0.0870. The Hall–Kier alpha value is -4.33. The lowest BCUT2D eigenvalue weighted by Crippen LogP contribution is -2.09. The number of aromatic nitrogens is 6. The Kier molecular flexibility index (Phi) is 4.51. The molecule has 31 heavy (non-hydrogen) atoms. The Balaban J connectivity index is 1.63. The quantitative estimate of drug-likeness (QED) is 0.415. The summed E-state index contributed by atoms with van der Waals surface area (Å²) in [5.74, 6) is 0.676. The number of nitrogens with zero attached hydrogens (tertiary/aromatic N) is 6. The number of hydrogen-bond donors (Lipinski definition) is 2. The number of imidazole rings is 1. The summed E-state index contributed by atoms with van der Waals surface area (Å²) in [6.45, 7) is 5.46. The van der Waals surface area contributed by atoms with Gasteiger partial charge in [0.25, 0.3) is 0 Å².